The van der Waals surface area contributed by atoms with Crippen LogP contribution in [-0.2, 0) is 11.2 Å². The lowest BCUT2D eigenvalue weighted by Crippen LogP contribution is -2.38. The summed E-state index contributed by atoms with van der Waals surface area (Å²) < 4.78 is 0. The molecule has 0 saturated heterocycles. The van der Waals surface area contributed by atoms with E-state index in [-0.39, 0.29) is 30.3 Å². The number of carbonyl (C=O) groups is 1. The zero-order valence-electron chi connectivity index (χ0n) is 12.5. The van der Waals surface area contributed by atoms with Crippen molar-refractivity contribution in [3.63, 3.8) is 0 Å². The maximum Gasteiger partial charge on any atom is 0.223 e. The van der Waals surface area contributed by atoms with Gasteiger partial charge in [-0.3, -0.25) is 4.79 Å². The summed E-state index contributed by atoms with van der Waals surface area (Å²) in [6, 6.07) is 5.71. The first-order valence-corrected chi connectivity index (χ1v) is 8.29. The van der Waals surface area contributed by atoms with Crippen LogP contribution >= 0.6 is 35.6 Å². The fourth-order valence-electron chi connectivity index (χ4n) is 2.82. The van der Waals surface area contributed by atoms with Gasteiger partial charge in [-0.2, -0.15) is 0 Å². The van der Waals surface area contributed by atoms with Crippen LogP contribution in [0.4, 0.5) is 0 Å². The van der Waals surface area contributed by atoms with Crippen molar-refractivity contribution in [1.82, 2.24) is 5.32 Å². The second-order valence-electron chi connectivity index (χ2n) is 5.75. The number of hydrogen-bond acceptors (Lipinski definition) is 2. The van der Waals surface area contributed by atoms with Gasteiger partial charge in [0.2, 0.25) is 5.91 Å². The third-order valence-electron chi connectivity index (χ3n) is 4.02. The first kappa shape index (κ1) is 19.6. The summed E-state index contributed by atoms with van der Waals surface area (Å²) in [5.74, 6) is 0.236. The van der Waals surface area contributed by atoms with Crippen LogP contribution in [0.3, 0.4) is 0 Å². The lowest BCUT2D eigenvalue weighted by molar-refractivity contribution is -0.126. The Morgan fingerprint density at radius 1 is 1.32 bits per heavy atom. The molecule has 0 spiro atoms. The third-order valence-corrected chi connectivity index (χ3v) is 4.61. The van der Waals surface area contributed by atoms with E-state index in [1.54, 1.807) is 6.07 Å². The minimum Gasteiger partial charge on any atom is -0.356 e. The maximum absolute atomic E-state index is 12.1. The Morgan fingerprint density at radius 3 is 2.77 bits per heavy atom. The van der Waals surface area contributed by atoms with Gasteiger partial charge in [0.15, 0.2) is 0 Å². The van der Waals surface area contributed by atoms with E-state index < -0.39 is 0 Å². The van der Waals surface area contributed by atoms with Crippen molar-refractivity contribution in [3.05, 3.63) is 33.8 Å². The molecule has 6 heteroatoms. The molecule has 3 nitrogen and oxygen atoms in total. The quantitative estimate of drug-likeness (QED) is 0.775. The highest BCUT2D eigenvalue weighted by atomic mass is 35.5. The first-order valence-electron chi connectivity index (χ1n) is 7.53. The number of amides is 1. The zero-order valence-corrected chi connectivity index (χ0v) is 14.8. The summed E-state index contributed by atoms with van der Waals surface area (Å²) in [5, 5.41) is 4.34. The SMILES string of the molecule is Cl.NC1CCCC(C(=O)NCCCc2ccc(Cl)cc2Cl)C1. The molecular weight excluding hydrogens is 343 g/mol. The predicted molar refractivity (Wildman–Crippen MR) is 95.0 cm³/mol. The van der Waals surface area contributed by atoms with E-state index in [9.17, 15) is 4.79 Å². The van der Waals surface area contributed by atoms with E-state index in [2.05, 4.69) is 5.32 Å². The molecule has 2 atom stereocenters. The van der Waals surface area contributed by atoms with Crippen LogP contribution in [-0.4, -0.2) is 18.5 Å². The van der Waals surface area contributed by atoms with E-state index in [0.29, 0.717) is 16.6 Å². The molecule has 0 heterocycles. The number of rotatable bonds is 5. The van der Waals surface area contributed by atoms with E-state index in [1.165, 1.54) is 0 Å². The highest BCUT2D eigenvalue weighted by molar-refractivity contribution is 6.35. The smallest absolute Gasteiger partial charge is 0.223 e. The first-order chi connectivity index (χ1) is 10.1. The Balaban J connectivity index is 0.00000242. The average Bonchev–Trinajstić information content (AvgIpc) is 2.45. The molecule has 1 fully saturated rings. The fourth-order valence-corrected chi connectivity index (χ4v) is 3.33. The van der Waals surface area contributed by atoms with Crippen molar-refractivity contribution < 1.29 is 4.79 Å². The molecule has 0 aromatic heterocycles. The summed E-state index contributed by atoms with van der Waals surface area (Å²) in [6.07, 6.45) is 5.57. The van der Waals surface area contributed by atoms with Gasteiger partial charge >= 0.3 is 0 Å². The van der Waals surface area contributed by atoms with Gasteiger partial charge in [0.25, 0.3) is 0 Å². The van der Waals surface area contributed by atoms with E-state index in [4.69, 9.17) is 28.9 Å². The average molecular weight is 366 g/mol. The lowest BCUT2D eigenvalue weighted by atomic mass is 9.85. The van der Waals surface area contributed by atoms with Gasteiger partial charge < -0.3 is 11.1 Å². The third kappa shape index (κ3) is 5.96. The van der Waals surface area contributed by atoms with Gasteiger partial charge in [-0.25, -0.2) is 0 Å². The van der Waals surface area contributed by atoms with Gasteiger partial charge in [0.05, 0.1) is 0 Å². The highest BCUT2D eigenvalue weighted by Crippen LogP contribution is 2.23. The van der Waals surface area contributed by atoms with Gasteiger partial charge in [0.1, 0.15) is 0 Å². The molecule has 2 unspecified atom stereocenters. The van der Waals surface area contributed by atoms with Crippen molar-refractivity contribution >= 4 is 41.5 Å². The molecule has 1 saturated carbocycles. The van der Waals surface area contributed by atoms with Crippen molar-refractivity contribution in [2.45, 2.75) is 44.6 Å². The summed E-state index contributed by atoms with van der Waals surface area (Å²) in [4.78, 5) is 12.1. The molecule has 3 N–H and O–H groups in total. The minimum absolute atomic E-state index is 0. The second kappa shape index (κ2) is 9.61. The van der Waals surface area contributed by atoms with Crippen LogP contribution in [0.15, 0.2) is 18.2 Å². The van der Waals surface area contributed by atoms with Crippen molar-refractivity contribution in [2.24, 2.45) is 11.7 Å². The molecule has 2 rings (SSSR count). The fraction of sp³-hybridized carbons (Fsp3) is 0.562. The summed E-state index contributed by atoms with van der Waals surface area (Å²) >= 11 is 12.0. The van der Waals surface area contributed by atoms with Gasteiger partial charge in [0, 0.05) is 28.5 Å². The van der Waals surface area contributed by atoms with E-state index in [1.807, 2.05) is 12.1 Å². The van der Waals surface area contributed by atoms with E-state index >= 15 is 0 Å². The normalized spacial score (nSPS) is 21.0. The van der Waals surface area contributed by atoms with Crippen molar-refractivity contribution in [2.75, 3.05) is 6.54 Å². The zero-order chi connectivity index (χ0) is 15.2. The Labute approximate surface area is 148 Å². The number of aryl methyl sites for hydroxylation is 1. The van der Waals surface area contributed by atoms with Gasteiger partial charge in [-0.15, -0.1) is 12.4 Å². The van der Waals surface area contributed by atoms with Crippen LogP contribution < -0.4 is 11.1 Å². The molecule has 1 aromatic rings. The van der Waals surface area contributed by atoms with Crippen LogP contribution in [0.2, 0.25) is 10.0 Å². The molecule has 1 amide bonds. The van der Waals surface area contributed by atoms with Crippen molar-refractivity contribution in [1.29, 1.82) is 0 Å². The highest BCUT2D eigenvalue weighted by Gasteiger charge is 2.24. The molecule has 124 valence electrons. The Hall–Kier alpha value is -0.480. The van der Waals surface area contributed by atoms with Gasteiger partial charge in [-0.05, 0) is 49.8 Å². The Morgan fingerprint density at radius 2 is 2.09 bits per heavy atom. The largest absolute Gasteiger partial charge is 0.356 e. The molecule has 1 aliphatic rings. The standard InChI is InChI=1S/C16H22Cl2N2O.ClH/c17-13-7-6-11(15(18)10-13)4-2-8-20-16(21)12-3-1-5-14(19)9-12;/h6-7,10,12,14H,1-5,8-9,19H2,(H,20,21);1H. The topological polar surface area (TPSA) is 55.1 Å². The summed E-state index contributed by atoms with van der Waals surface area (Å²) in [7, 11) is 0. The Bertz CT molecular complexity index is 496. The minimum atomic E-state index is 0. The van der Waals surface area contributed by atoms with Crippen LogP contribution in [0.25, 0.3) is 0 Å². The number of carbonyl (C=O) groups excluding carboxylic acids is 1. The Kier molecular flexibility index (Phi) is 8.55. The van der Waals surface area contributed by atoms with E-state index in [0.717, 1.165) is 44.1 Å². The van der Waals surface area contributed by atoms with Crippen LogP contribution in [0.1, 0.15) is 37.7 Å². The molecule has 0 aliphatic heterocycles. The molecule has 0 bridgehead atoms. The van der Waals surface area contributed by atoms with Crippen molar-refractivity contribution in [3.8, 4) is 0 Å². The number of halogens is 3. The number of benzene rings is 1. The molecule has 1 aromatic carbocycles. The molecular formula is C16H23Cl3N2O. The predicted octanol–water partition coefficient (Wildman–Crippen LogP) is 3.98. The lowest BCUT2D eigenvalue weighted by Gasteiger charge is -2.25. The van der Waals surface area contributed by atoms with Crippen LogP contribution in [0, 0.1) is 5.92 Å². The monoisotopic (exact) mass is 364 g/mol. The number of hydrogen-bond donors (Lipinski definition) is 2. The number of nitrogens with one attached hydrogen (secondary N) is 1. The molecule has 1 aliphatic carbocycles. The maximum atomic E-state index is 12.1. The molecule has 0 radical (unpaired) electrons. The number of nitrogens with two attached hydrogens (primary N) is 1. The second-order valence-corrected chi connectivity index (χ2v) is 6.60. The summed E-state index contributed by atoms with van der Waals surface area (Å²) in [6.45, 7) is 0.670. The summed E-state index contributed by atoms with van der Waals surface area (Å²) in [5.41, 5.74) is 6.98. The molecule has 22 heavy (non-hydrogen) atoms. The van der Waals surface area contributed by atoms with Crippen LogP contribution in [0.5, 0.6) is 0 Å². The van der Waals surface area contributed by atoms with Gasteiger partial charge in [-0.1, -0.05) is 35.7 Å².